The van der Waals surface area contributed by atoms with Gasteiger partial charge in [-0.25, -0.2) is 0 Å². The highest BCUT2D eigenvalue weighted by atomic mass is 35.5. The lowest BCUT2D eigenvalue weighted by molar-refractivity contribution is -0.384. The topological polar surface area (TPSA) is 81.9 Å². The Hall–Kier alpha value is -2.80. The fourth-order valence-electron chi connectivity index (χ4n) is 2.94. The van der Waals surface area contributed by atoms with Gasteiger partial charge in [0.15, 0.2) is 11.5 Å². The van der Waals surface area contributed by atoms with Crippen LogP contribution in [-0.4, -0.2) is 24.2 Å². The van der Waals surface area contributed by atoms with Gasteiger partial charge >= 0.3 is 0 Å². The number of nitrogens with zero attached hydrogens (tertiary/aromatic N) is 2. The molecule has 0 saturated carbocycles. The third-order valence-corrected chi connectivity index (χ3v) is 4.38. The third-order valence-electron chi connectivity index (χ3n) is 4.09. The van der Waals surface area contributed by atoms with E-state index in [2.05, 4.69) is 0 Å². The van der Waals surface area contributed by atoms with Gasteiger partial charge in [0.05, 0.1) is 15.6 Å². The smallest absolute Gasteiger partial charge is 0.271 e. The quantitative estimate of drug-likeness (QED) is 0.616. The first-order valence-corrected chi connectivity index (χ1v) is 7.61. The van der Waals surface area contributed by atoms with Crippen LogP contribution in [0.15, 0.2) is 30.3 Å². The molecule has 0 unspecified atom stereocenters. The normalized spacial score (nSPS) is 14.6. The molecule has 0 N–H and O–H groups in total. The van der Waals surface area contributed by atoms with Gasteiger partial charge in [0.1, 0.15) is 0 Å². The number of carbonyl (C=O) groups is 1. The second-order valence-electron chi connectivity index (χ2n) is 5.47. The summed E-state index contributed by atoms with van der Waals surface area (Å²) in [6, 6.07) is 7.66. The van der Waals surface area contributed by atoms with Crippen LogP contribution in [0.3, 0.4) is 0 Å². The van der Waals surface area contributed by atoms with Crippen LogP contribution in [0.4, 0.5) is 11.4 Å². The highest BCUT2D eigenvalue weighted by Gasteiger charge is 2.29. The summed E-state index contributed by atoms with van der Waals surface area (Å²) in [6.07, 6.45) is 0.650. The summed E-state index contributed by atoms with van der Waals surface area (Å²) in [5, 5.41) is 11.3. The van der Waals surface area contributed by atoms with Crippen molar-refractivity contribution in [1.82, 2.24) is 0 Å². The minimum Gasteiger partial charge on any atom is -0.454 e. The van der Waals surface area contributed by atoms with Gasteiger partial charge in [0.2, 0.25) is 6.79 Å². The number of non-ortho nitro benzene ring substituents is 1. The van der Waals surface area contributed by atoms with Crippen LogP contribution < -0.4 is 14.4 Å². The van der Waals surface area contributed by atoms with Crippen molar-refractivity contribution >= 4 is 28.9 Å². The Morgan fingerprint density at radius 1 is 1.25 bits per heavy atom. The van der Waals surface area contributed by atoms with E-state index >= 15 is 0 Å². The van der Waals surface area contributed by atoms with Crippen LogP contribution in [0.1, 0.15) is 15.9 Å². The molecule has 2 aromatic rings. The van der Waals surface area contributed by atoms with Gasteiger partial charge in [-0.15, -0.1) is 0 Å². The summed E-state index contributed by atoms with van der Waals surface area (Å²) in [5.41, 5.74) is 1.77. The summed E-state index contributed by atoms with van der Waals surface area (Å²) in [5.74, 6) is 0.560. The van der Waals surface area contributed by atoms with E-state index in [-0.39, 0.29) is 18.4 Å². The van der Waals surface area contributed by atoms with Gasteiger partial charge in [-0.1, -0.05) is 17.7 Å². The van der Waals surface area contributed by atoms with Crippen molar-refractivity contribution in [3.8, 4) is 11.5 Å². The number of nitro groups is 1. The zero-order valence-electron chi connectivity index (χ0n) is 12.3. The fourth-order valence-corrected chi connectivity index (χ4v) is 3.20. The number of benzene rings is 2. The molecule has 24 heavy (non-hydrogen) atoms. The number of halogens is 1. The summed E-state index contributed by atoms with van der Waals surface area (Å²) >= 11 is 6.13. The maximum atomic E-state index is 12.8. The Balaban J connectivity index is 1.72. The average Bonchev–Trinajstić information content (AvgIpc) is 3.20. The van der Waals surface area contributed by atoms with E-state index in [9.17, 15) is 14.9 Å². The van der Waals surface area contributed by atoms with Gasteiger partial charge in [0, 0.05) is 24.2 Å². The maximum absolute atomic E-state index is 12.8. The largest absolute Gasteiger partial charge is 0.454 e. The predicted octanol–water partition coefficient (Wildman–Crippen LogP) is 3.18. The Morgan fingerprint density at radius 3 is 2.88 bits per heavy atom. The third kappa shape index (κ3) is 2.25. The van der Waals surface area contributed by atoms with Crippen molar-refractivity contribution in [2.45, 2.75) is 6.42 Å². The lowest BCUT2D eigenvalue weighted by atomic mass is 10.1. The van der Waals surface area contributed by atoms with Crippen LogP contribution in [0.25, 0.3) is 0 Å². The second kappa shape index (κ2) is 5.38. The molecule has 0 aromatic heterocycles. The summed E-state index contributed by atoms with van der Waals surface area (Å²) < 4.78 is 10.5. The Morgan fingerprint density at radius 2 is 2.08 bits per heavy atom. The maximum Gasteiger partial charge on any atom is 0.271 e. The molecule has 4 rings (SSSR count). The van der Waals surface area contributed by atoms with Crippen LogP contribution in [0.5, 0.6) is 11.5 Å². The van der Waals surface area contributed by atoms with E-state index in [0.29, 0.717) is 40.7 Å². The van der Waals surface area contributed by atoms with Gasteiger partial charge in [-0.3, -0.25) is 14.9 Å². The molecule has 2 aromatic carbocycles. The van der Waals surface area contributed by atoms with E-state index < -0.39 is 4.92 Å². The van der Waals surface area contributed by atoms with E-state index in [1.807, 2.05) is 0 Å². The van der Waals surface area contributed by atoms with Crippen LogP contribution in [0.2, 0.25) is 5.02 Å². The molecule has 0 fully saturated rings. The van der Waals surface area contributed by atoms with Crippen molar-refractivity contribution in [3.63, 3.8) is 0 Å². The minimum atomic E-state index is -0.474. The fraction of sp³-hybridized carbons (Fsp3) is 0.188. The highest BCUT2D eigenvalue weighted by molar-refractivity contribution is 6.33. The van der Waals surface area contributed by atoms with E-state index in [1.165, 1.54) is 23.1 Å². The number of hydrogen-bond donors (Lipinski definition) is 0. The Bertz CT molecular complexity index is 883. The molecule has 0 aliphatic carbocycles. The van der Waals surface area contributed by atoms with Crippen LogP contribution in [0, 0.1) is 10.1 Å². The molecular weight excluding hydrogens is 336 g/mol. The molecule has 1 amide bonds. The second-order valence-corrected chi connectivity index (χ2v) is 5.88. The first-order chi connectivity index (χ1) is 11.5. The summed E-state index contributed by atoms with van der Waals surface area (Å²) in [6.45, 7) is 0.521. The number of rotatable bonds is 2. The van der Waals surface area contributed by atoms with Crippen molar-refractivity contribution in [2.24, 2.45) is 0 Å². The van der Waals surface area contributed by atoms with Crippen molar-refractivity contribution in [1.29, 1.82) is 0 Å². The molecule has 122 valence electrons. The number of amides is 1. The molecule has 0 bridgehead atoms. The molecule has 8 heteroatoms. The Labute approximate surface area is 141 Å². The monoisotopic (exact) mass is 346 g/mol. The highest BCUT2D eigenvalue weighted by Crippen LogP contribution is 2.41. The molecular formula is C16H11ClN2O5. The minimum absolute atomic E-state index is 0.0443. The van der Waals surface area contributed by atoms with Gasteiger partial charge in [0.25, 0.3) is 11.6 Å². The molecule has 0 atom stereocenters. The lowest BCUT2D eigenvalue weighted by Gasteiger charge is -2.17. The SMILES string of the molecule is O=C(c1cc(Cl)c2c(c1)OCO2)N1CCc2ccc([N+](=O)[O-])cc21. The molecule has 7 nitrogen and oxygen atoms in total. The van der Waals surface area contributed by atoms with E-state index in [1.54, 1.807) is 12.1 Å². The number of fused-ring (bicyclic) bond motifs is 2. The first-order valence-electron chi connectivity index (χ1n) is 7.23. The molecule has 2 aliphatic rings. The average molecular weight is 347 g/mol. The molecule has 0 saturated heterocycles. The zero-order chi connectivity index (χ0) is 16.8. The first kappa shape index (κ1) is 14.8. The van der Waals surface area contributed by atoms with E-state index in [0.717, 1.165) is 5.56 Å². The molecule has 2 heterocycles. The van der Waals surface area contributed by atoms with Crippen LogP contribution in [-0.2, 0) is 6.42 Å². The molecule has 0 radical (unpaired) electrons. The number of carbonyl (C=O) groups excluding carboxylic acids is 1. The number of hydrogen-bond acceptors (Lipinski definition) is 5. The van der Waals surface area contributed by atoms with Crippen molar-refractivity contribution in [3.05, 3.63) is 56.6 Å². The standard InChI is InChI=1S/C16H11ClN2O5/c17-12-5-10(6-14-15(12)24-8-23-14)16(20)18-4-3-9-1-2-11(19(21)22)7-13(9)18/h1-2,5-7H,3-4,8H2. The lowest BCUT2D eigenvalue weighted by Crippen LogP contribution is -2.28. The zero-order valence-corrected chi connectivity index (χ0v) is 13.1. The Kier molecular flexibility index (Phi) is 3.31. The van der Waals surface area contributed by atoms with Gasteiger partial charge in [-0.2, -0.15) is 0 Å². The van der Waals surface area contributed by atoms with Crippen molar-refractivity contribution in [2.75, 3.05) is 18.2 Å². The predicted molar refractivity (Wildman–Crippen MR) is 86.1 cm³/mol. The molecule has 2 aliphatic heterocycles. The van der Waals surface area contributed by atoms with Crippen molar-refractivity contribution < 1.29 is 19.2 Å². The number of nitro benzene ring substituents is 1. The van der Waals surface area contributed by atoms with Crippen LogP contribution >= 0.6 is 11.6 Å². The number of anilines is 1. The van der Waals surface area contributed by atoms with Gasteiger partial charge < -0.3 is 14.4 Å². The summed E-state index contributed by atoms with van der Waals surface area (Å²) in [4.78, 5) is 24.9. The number of ether oxygens (including phenoxy) is 2. The summed E-state index contributed by atoms with van der Waals surface area (Å²) in [7, 11) is 0. The van der Waals surface area contributed by atoms with Gasteiger partial charge in [-0.05, 0) is 24.1 Å². The van der Waals surface area contributed by atoms with E-state index in [4.69, 9.17) is 21.1 Å². The molecule has 0 spiro atoms.